The number of amides is 2. The summed E-state index contributed by atoms with van der Waals surface area (Å²) in [7, 11) is 0. The summed E-state index contributed by atoms with van der Waals surface area (Å²) < 4.78 is 26.9. The van der Waals surface area contributed by atoms with Gasteiger partial charge in [0, 0.05) is 30.8 Å². The summed E-state index contributed by atoms with van der Waals surface area (Å²) in [5, 5.41) is 8.80. The lowest BCUT2D eigenvalue weighted by Crippen LogP contribution is -2.47. The highest BCUT2D eigenvalue weighted by Gasteiger charge is 2.28. The van der Waals surface area contributed by atoms with E-state index in [-0.39, 0.29) is 43.9 Å². The zero-order chi connectivity index (χ0) is 38.9. The Bertz CT molecular complexity index is 1010. The molecule has 2 amide bonds. The van der Waals surface area contributed by atoms with Crippen molar-refractivity contribution < 1.29 is 42.9 Å². The van der Waals surface area contributed by atoms with Crippen molar-refractivity contribution in [2.75, 3.05) is 52.7 Å². The number of azide groups is 1. The molecule has 2 N–H and O–H groups in total. The van der Waals surface area contributed by atoms with E-state index in [1.807, 2.05) is 20.8 Å². The van der Waals surface area contributed by atoms with Crippen molar-refractivity contribution in [1.29, 1.82) is 0 Å². The number of carbonyl (C=O) groups is 4. The van der Waals surface area contributed by atoms with E-state index in [4.69, 9.17) is 29.2 Å². The first kappa shape index (κ1) is 49.1. The number of esters is 2. The van der Waals surface area contributed by atoms with Gasteiger partial charge in [-0.3, -0.25) is 14.4 Å². The third-order valence-electron chi connectivity index (χ3n) is 7.58. The molecule has 0 spiro atoms. The molecule has 0 aromatic carbocycles. The van der Waals surface area contributed by atoms with Crippen molar-refractivity contribution >= 4 is 23.8 Å². The maximum absolute atomic E-state index is 12.8. The minimum Gasteiger partial charge on any atom is -0.460 e. The first-order valence-electron chi connectivity index (χ1n) is 19.5. The first-order valence-corrected chi connectivity index (χ1v) is 19.5. The lowest BCUT2D eigenvalue weighted by molar-refractivity contribution is -0.159. The van der Waals surface area contributed by atoms with Gasteiger partial charge in [-0.15, -0.1) is 0 Å². The van der Waals surface area contributed by atoms with Crippen LogP contribution in [0.15, 0.2) is 5.11 Å². The van der Waals surface area contributed by atoms with E-state index in [9.17, 15) is 19.2 Å². The molecule has 0 rings (SSSR count). The molecule has 0 fully saturated rings. The molecule has 0 saturated carbocycles. The van der Waals surface area contributed by atoms with Gasteiger partial charge in [0.1, 0.15) is 17.2 Å². The molecule has 14 nitrogen and oxygen atoms in total. The number of nitrogens with one attached hydrogen (secondary N) is 2. The molecule has 0 saturated heterocycles. The number of ether oxygens (including phenoxy) is 5. The molecule has 52 heavy (non-hydrogen) atoms. The predicted octanol–water partition coefficient (Wildman–Crippen LogP) is 7.26. The van der Waals surface area contributed by atoms with E-state index in [1.54, 1.807) is 20.8 Å². The van der Waals surface area contributed by atoms with Crippen molar-refractivity contribution in [2.45, 2.75) is 168 Å². The quantitative estimate of drug-likeness (QED) is 0.0229. The molecular weight excluding hydrogens is 670 g/mol. The smallest absolute Gasteiger partial charge is 0.329 e. The van der Waals surface area contributed by atoms with Crippen LogP contribution >= 0.6 is 0 Å². The van der Waals surface area contributed by atoms with E-state index in [1.165, 1.54) is 51.4 Å². The number of unbranched alkanes of at least 4 members (excludes halogenated alkanes) is 13. The van der Waals surface area contributed by atoms with Crippen LogP contribution in [0.25, 0.3) is 10.4 Å². The number of rotatable bonds is 33. The van der Waals surface area contributed by atoms with Crippen LogP contribution in [0, 0.1) is 0 Å². The molecule has 0 aliphatic heterocycles. The van der Waals surface area contributed by atoms with Crippen LogP contribution in [-0.2, 0) is 42.9 Å². The van der Waals surface area contributed by atoms with E-state index < -0.39 is 23.2 Å². The molecule has 0 unspecified atom stereocenters. The van der Waals surface area contributed by atoms with Crippen molar-refractivity contribution in [3.63, 3.8) is 0 Å². The second-order valence-electron chi connectivity index (χ2n) is 15.0. The monoisotopic (exact) mass is 742 g/mol. The summed E-state index contributed by atoms with van der Waals surface area (Å²) in [6.07, 6.45) is 16.3. The Hall–Kier alpha value is -2.93. The van der Waals surface area contributed by atoms with Gasteiger partial charge in [-0.2, -0.15) is 0 Å². The van der Waals surface area contributed by atoms with Gasteiger partial charge in [0.05, 0.1) is 46.1 Å². The lowest BCUT2D eigenvalue weighted by atomic mass is 10.0. The third-order valence-corrected chi connectivity index (χ3v) is 7.58. The van der Waals surface area contributed by atoms with Crippen molar-refractivity contribution in [2.24, 2.45) is 5.11 Å². The van der Waals surface area contributed by atoms with Crippen LogP contribution in [-0.4, -0.2) is 93.7 Å². The van der Waals surface area contributed by atoms with Crippen molar-refractivity contribution in [1.82, 2.24) is 10.6 Å². The molecule has 14 heteroatoms. The van der Waals surface area contributed by atoms with E-state index >= 15 is 0 Å². The molecule has 302 valence electrons. The summed E-state index contributed by atoms with van der Waals surface area (Å²) >= 11 is 0. The summed E-state index contributed by atoms with van der Waals surface area (Å²) in [6.45, 7) is 13.5. The number of hydrogen-bond donors (Lipinski definition) is 2. The molecule has 1 atom stereocenters. The SMILES string of the molecule is CC(C)(C)OC(=O)CCCCCCCCCCCCCCCCC(=O)N[C@@H](CC(=O)NCCOCCOCCOCCN=[N+]=[N-])C(=O)OC(C)(C)C. The van der Waals surface area contributed by atoms with Gasteiger partial charge < -0.3 is 34.3 Å². The van der Waals surface area contributed by atoms with Gasteiger partial charge in [0.15, 0.2) is 0 Å². The van der Waals surface area contributed by atoms with Gasteiger partial charge >= 0.3 is 11.9 Å². The minimum absolute atomic E-state index is 0.0968. The van der Waals surface area contributed by atoms with E-state index in [2.05, 4.69) is 20.7 Å². The minimum atomic E-state index is -1.07. The summed E-state index contributed by atoms with van der Waals surface area (Å²) in [5.74, 6) is -1.39. The predicted molar refractivity (Wildman–Crippen MR) is 202 cm³/mol. The van der Waals surface area contributed by atoms with Crippen LogP contribution in [0.4, 0.5) is 0 Å². The van der Waals surface area contributed by atoms with Gasteiger partial charge in [-0.25, -0.2) is 4.79 Å². The Morgan fingerprint density at radius 2 is 1.04 bits per heavy atom. The fourth-order valence-corrected chi connectivity index (χ4v) is 5.11. The molecule has 0 heterocycles. The fourth-order valence-electron chi connectivity index (χ4n) is 5.11. The van der Waals surface area contributed by atoms with Crippen LogP contribution in [0.2, 0.25) is 0 Å². The second kappa shape index (κ2) is 31.6. The summed E-state index contributed by atoms with van der Waals surface area (Å²) in [6, 6.07) is -1.07. The molecule has 0 aromatic rings. The van der Waals surface area contributed by atoms with Crippen molar-refractivity contribution in [3.05, 3.63) is 10.4 Å². The largest absolute Gasteiger partial charge is 0.460 e. The molecule has 0 bridgehead atoms. The van der Waals surface area contributed by atoms with Crippen LogP contribution < -0.4 is 10.6 Å². The number of carbonyl (C=O) groups excluding carboxylic acids is 4. The number of hydrogen-bond acceptors (Lipinski definition) is 10. The van der Waals surface area contributed by atoms with E-state index in [0.717, 1.165) is 38.5 Å². The summed E-state index contributed by atoms with van der Waals surface area (Å²) in [5.41, 5.74) is 7.04. The van der Waals surface area contributed by atoms with Gasteiger partial charge in [0.2, 0.25) is 11.8 Å². The third kappa shape index (κ3) is 35.5. The molecule has 0 aliphatic rings. The number of nitrogens with zero attached hydrogens (tertiary/aromatic N) is 3. The van der Waals surface area contributed by atoms with Crippen LogP contribution in [0.3, 0.4) is 0 Å². The van der Waals surface area contributed by atoms with Crippen LogP contribution in [0.1, 0.15) is 151 Å². The molecular formula is C38H71N5O9. The maximum atomic E-state index is 12.8. The van der Waals surface area contributed by atoms with E-state index in [0.29, 0.717) is 45.9 Å². The van der Waals surface area contributed by atoms with Gasteiger partial charge in [0.25, 0.3) is 0 Å². The van der Waals surface area contributed by atoms with Gasteiger partial charge in [-0.05, 0) is 59.9 Å². The standard InChI is InChI=1S/C38H71N5O9/c1-37(2,3)51-35(46)22-20-18-16-14-12-10-8-7-9-11-13-15-17-19-21-33(44)42-32(36(47)52-38(4,5)6)31-34(45)40-23-25-48-27-29-50-30-28-49-26-24-41-43-39/h32H,7-31H2,1-6H3,(H,40,45)(H,42,44)/t32-/m0/s1. The zero-order valence-corrected chi connectivity index (χ0v) is 33.3. The Kier molecular flexibility index (Phi) is 29.8. The summed E-state index contributed by atoms with van der Waals surface area (Å²) in [4.78, 5) is 52.4. The highest BCUT2D eigenvalue weighted by molar-refractivity contribution is 5.89. The molecule has 0 radical (unpaired) electrons. The normalized spacial score (nSPS) is 12.1. The Balaban J connectivity index is 4.00. The first-order chi connectivity index (χ1) is 24.7. The Labute approximate surface area is 313 Å². The highest BCUT2D eigenvalue weighted by atomic mass is 16.6. The lowest BCUT2D eigenvalue weighted by Gasteiger charge is -2.24. The van der Waals surface area contributed by atoms with Crippen LogP contribution in [0.5, 0.6) is 0 Å². The fraction of sp³-hybridized carbons (Fsp3) is 0.895. The average Bonchev–Trinajstić information content (AvgIpc) is 3.04. The zero-order valence-electron chi connectivity index (χ0n) is 33.3. The maximum Gasteiger partial charge on any atom is 0.329 e. The average molecular weight is 742 g/mol. The molecule has 0 aliphatic carbocycles. The molecule has 0 aromatic heterocycles. The topological polar surface area (TPSA) is 187 Å². The highest BCUT2D eigenvalue weighted by Crippen LogP contribution is 2.15. The Morgan fingerprint density at radius 1 is 0.596 bits per heavy atom. The van der Waals surface area contributed by atoms with Crippen molar-refractivity contribution in [3.8, 4) is 0 Å². The Morgan fingerprint density at radius 3 is 1.52 bits per heavy atom. The van der Waals surface area contributed by atoms with Gasteiger partial charge in [-0.1, -0.05) is 82.2 Å². The second-order valence-corrected chi connectivity index (χ2v) is 15.0.